The van der Waals surface area contributed by atoms with Crippen LogP contribution in [0.5, 0.6) is 0 Å². The average molecular weight is 249 g/mol. The molecule has 78 valence electrons. The van der Waals surface area contributed by atoms with Crippen LogP contribution >= 0.6 is 12.2 Å². The molecule has 0 aliphatic carbocycles. The predicted octanol–water partition coefficient (Wildman–Crippen LogP) is 0.170. The van der Waals surface area contributed by atoms with Gasteiger partial charge in [-0.3, -0.25) is 0 Å². The molecule has 0 unspecified atom stereocenters. The third-order valence-corrected chi connectivity index (χ3v) is 1.87. The fraction of sp³-hybridized carbons (Fsp3) is 0.0833. The van der Waals surface area contributed by atoms with E-state index in [4.69, 9.17) is 22.7 Å². The molecule has 0 amide bonds. The number of rotatable bonds is 2. The fourth-order valence-electron chi connectivity index (χ4n) is 1.15. The summed E-state index contributed by atoms with van der Waals surface area (Å²) in [6.45, 7) is 1.64. The second-order valence-corrected chi connectivity index (χ2v) is 3.53. The Morgan fingerprint density at radius 1 is 1.18 bits per heavy atom. The predicted molar refractivity (Wildman–Crippen MR) is 66.2 cm³/mol. The third kappa shape index (κ3) is 4.68. The van der Waals surface area contributed by atoms with Gasteiger partial charge in [-0.05, 0) is 5.56 Å². The van der Waals surface area contributed by atoms with Crippen molar-refractivity contribution in [1.29, 1.82) is 10.5 Å². The molecular weight excluding hydrogens is 241 g/mol. The molecule has 5 heteroatoms. The first-order valence-electron chi connectivity index (χ1n) is 4.51. The zero-order valence-corrected chi connectivity index (χ0v) is 12.5. The first kappa shape index (κ1) is 15.8. The van der Waals surface area contributed by atoms with E-state index >= 15 is 0 Å². The number of benzene rings is 1. The second kappa shape index (κ2) is 8.00. The van der Waals surface area contributed by atoms with Gasteiger partial charge < -0.3 is 5.32 Å². The molecule has 0 saturated carbocycles. The van der Waals surface area contributed by atoms with Gasteiger partial charge in [-0.25, -0.2) is 0 Å². The molecule has 3 nitrogen and oxygen atoms in total. The Bertz CT molecular complexity index is 493. The summed E-state index contributed by atoms with van der Waals surface area (Å²) >= 11 is 4.87. The van der Waals surface area contributed by atoms with Gasteiger partial charge >= 0.3 is 29.6 Å². The molecule has 0 saturated heterocycles. The Morgan fingerprint density at radius 2 is 1.71 bits per heavy atom. The molecule has 0 aromatic heterocycles. The van der Waals surface area contributed by atoms with Crippen LogP contribution in [0.15, 0.2) is 35.9 Å². The first-order chi connectivity index (χ1) is 7.69. The van der Waals surface area contributed by atoms with Crippen LogP contribution in [0, 0.1) is 22.7 Å². The molecule has 1 aromatic carbocycles. The minimum atomic E-state index is -0.0320. The van der Waals surface area contributed by atoms with E-state index in [-0.39, 0.29) is 35.1 Å². The molecule has 0 N–H and O–H groups in total. The summed E-state index contributed by atoms with van der Waals surface area (Å²) in [7, 11) is 0. The van der Waals surface area contributed by atoms with Crippen molar-refractivity contribution in [2.24, 2.45) is 0 Å². The minimum absolute atomic E-state index is 0. The molecule has 0 fully saturated rings. The Morgan fingerprint density at radius 3 is 2.12 bits per heavy atom. The maximum absolute atomic E-state index is 8.84. The molecule has 0 heterocycles. The fourth-order valence-corrected chi connectivity index (χ4v) is 1.24. The number of hydrogen-bond donors (Lipinski definition) is 0. The monoisotopic (exact) mass is 249 g/mol. The summed E-state index contributed by atoms with van der Waals surface area (Å²) in [5, 5.41) is 21.7. The minimum Gasteiger partial charge on any atom is -0.650 e. The Labute approximate surface area is 128 Å². The van der Waals surface area contributed by atoms with E-state index in [1.54, 1.807) is 19.1 Å². The molecule has 0 aliphatic rings. The van der Waals surface area contributed by atoms with Gasteiger partial charge in [0, 0.05) is 0 Å². The third-order valence-electron chi connectivity index (χ3n) is 1.78. The van der Waals surface area contributed by atoms with Crippen molar-refractivity contribution in [2.75, 3.05) is 0 Å². The smallest absolute Gasteiger partial charge is 0.650 e. The quantitative estimate of drug-likeness (QED) is 0.426. The van der Waals surface area contributed by atoms with Crippen molar-refractivity contribution in [2.45, 2.75) is 6.92 Å². The van der Waals surface area contributed by atoms with E-state index in [2.05, 4.69) is 5.32 Å². The van der Waals surface area contributed by atoms with Crippen LogP contribution in [-0.2, 0) is 0 Å². The Hall–Kier alpha value is -1.17. The number of hydrogen-bond acceptors (Lipinski definition) is 3. The van der Waals surface area contributed by atoms with Crippen LogP contribution in [-0.4, -0.2) is 4.99 Å². The van der Waals surface area contributed by atoms with E-state index in [9.17, 15) is 0 Å². The maximum Gasteiger partial charge on any atom is 1.00 e. The van der Waals surface area contributed by atoms with Gasteiger partial charge in [0.2, 0.25) is 0 Å². The van der Waals surface area contributed by atoms with Crippen LogP contribution in [0.4, 0.5) is 0 Å². The number of thiocarbonyl (C=S) groups is 1. The normalized spacial score (nSPS) is 7.94. The summed E-state index contributed by atoms with van der Waals surface area (Å²) in [5.74, 6) is 0. The van der Waals surface area contributed by atoms with Crippen molar-refractivity contribution in [3.8, 4) is 12.1 Å². The maximum atomic E-state index is 8.84. The van der Waals surface area contributed by atoms with E-state index in [0.717, 1.165) is 0 Å². The SMILES string of the molecule is CC(=S)[N-]C(=C(C#N)C#N)c1ccccc1.[Na+]. The molecule has 0 atom stereocenters. The van der Waals surface area contributed by atoms with Crippen LogP contribution in [0.3, 0.4) is 0 Å². The van der Waals surface area contributed by atoms with Gasteiger partial charge in [0.25, 0.3) is 0 Å². The van der Waals surface area contributed by atoms with Gasteiger partial charge in [-0.15, -0.1) is 12.2 Å². The zero-order chi connectivity index (χ0) is 12.0. The van der Waals surface area contributed by atoms with E-state index in [1.165, 1.54) is 0 Å². The summed E-state index contributed by atoms with van der Waals surface area (Å²) in [6, 6.07) is 12.7. The molecule has 0 spiro atoms. The van der Waals surface area contributed by atoms with Gasteiger partial charge in [-0.2, -0.15) is 10.5 Å². The number of nitrogens with zero attached hydrogens (tertiary/aromatic N) is 3. The summed E-state index contributed by atoms with van der Waals surface area (Å²) in [6.07, 6.45) is 0. The molecule has 0 aliphatic heterocycles. The largest absolute Gasteiger partial charge is 1.00 e. The topological polar surface area (TPSA) is 61.7 Å². The molecule has 17 heavy (non-hydrogen) atoms. The standard InChI is InChI=1S/C12H9N3S.Na/c1-9(16)15-12(11(7-13)8-14)10-5-3-2-4-6-10;/h2-6H,1H3,(H,15,16);/q;+1/p-1. The van der Waals surface area contributed by atoms with Gasteiger partial charge in [0.15, 0.2) is 0 Å². The summed E-state index contributed by atoms with van der Waals surface area (Å²) < 4.78 is 0. The van der Waals surface area contributed by atoms with Crippen LogP contribution in [0.1, 0.15) is 12.5 Å². The molecule has 0 radical (unpaired) electrons. The summed E-state index contributed by atoms with van der Waals surface area (Å²) in [4.78, 5) is 0.391. The number of nitriles is 2. The second-order valence-electron chi connectivity index (χ2n) is 2.94. The van der Waals surface area contributed by atoms with Crippen molar-refractivity contribution in [3.05, 3.63) is 46.8 Å². The Kier molecular flexibility index (Phi) is 7.45. The van der Waals surface area contributed by atoms with Crippen LogP contribution < -0.4 is 29.6 Å². The molecule has 1 rings (SSSR count). The van der Waals surface area contributed by atoms with Gasteiger partial charge in [0.05, 0.1) is 0 Å². The van der Waals surface area contributed by atoms with Crippen molar-refractivity contribution in [1.82, 2.24) is 0 Å². The average Bonchev–Trinajstić information content (AvgIpc) is 2.30. The molecular formula is C12H8N3NaS. The molecule has 1 aromatic rings. The van der Waals surface area contributed by atoms with E-state index in [0.29, 0.717) is 16.2 Å². The first-order valence-corrected chi connectivity index (χ1v) is 4.92. The number of allylic oxidation sites excluding steroid dienone is 1. The zero-order valence-electron chi connectivity index (χ0n) is 9.64. The molecule has 0 bridgehead atoms. The Balaban J connectivity index is 0.00000256. The van der Waals surface area contributed by atoms with Gasteiger partial charge in [0.1, 0.15) is 17.7 Å². The van der Waals surface area contributed by atoms with Crippen molar-refractivity contribution >= 4 is 22.9 Å². The van der Waals surface area contributed by atoms with Crippen LogP contribution in [0.2, 0.25) is 0 Å². The van der Waals surface area contributed by atoms with Crippen LogP contribution in [0.25, 0.3) is 11.0 Å². The van der Waals surface area contributed by atoms with Crippen molar-refractivity contribution < 1.29 is 29.6 Å². The van der Waals surface area contributed by atoms with Gasteiger partial charge in [-0.1, -0.05) is 47.9 Å². The summed E-state index contributed by atoms with van der Waals surface area (Å²) in [5.41, 5.74) is 1.01. The van der Waals surface area contributed by atoms with Crippen molar-refractivity contribution in [3.63, 3.8) is 0 Å². The van der Waals surface area contributed by atoms with E-state index in [1.807, 2.05) is 30.3 Å². The van der Waals surface area contributed by atoms with E-state index < -0.39 is 0 Å².